The lowest BCUT2D eigenvalue weighted by molar-refractivity contribution is -0.384. The van der Waals surface area contributed by atoms with Crippen LogP contribution in [0.25, 0.3) is 0 Å². The molecule has 154 valence electrons. The van der Waals surface area contributed by atoms with Crippen LogP contribution < -0.4 is 5.32 Å². The minimum atomic E-state index is -0.605. The van der Waals surface area contributed by atoms with E-state index in [-0.39, 0.29) is 36.6 Å². The van der Waals surface area contributed by atoms with Gasteiger partial charge in [0, 0.05) is 47.7 Å². The number of aromatic nitrogens is 1. The number of Topliss-reactive ketones (excluding diaryl/α,β-unsaturated/α-hetero) is 1. The molecule has 9 nitrogen and oxygen atoms in total. The van der Waals surface area contributed by atoms with Crippen molar-refractivity contribution >= 4 is 23.3 Å². The molecule has 29 heavy (non-hydrogen) atoms. The Bertz CT molecular complexity index is 930. The van der Waals surface area contributed by atoms with Crippen LogP contribution in [0.15, 0.2) is 30.3 Å². The van der Waals surface area contributed by atoms with Gasteiger partial charge >= 0.3 is 5.97 Å². The summed E-state index contributed by atoms with van der Waals surface area (Å²) in [5.41, 5.74) is 2.46. The molecule has 1 heterocycles. The molecule has 0 aliphatic carbocycles. The number of nitrogens with one attached hydrogen (secondary N) is 1. The third-order valence-electron chi connectivity index (χ3n) is 4.51. The summed E-state index contributed by atoms with van der Waals surface area (Å²) in [5, 5.41) is 13.1. The maximum Gasteiger partial charge on any atom is 0.308 e. The van der Waals surface area contributed by atoms with Gasteiger partial charge in [-0.25, -0.2) is 0 Å². The maximum atomic E-state index is 12.3. The highest BCUT2D eigenvalue weighted by molar-refractivity contribution is 5.99. The normalized spacial score (nSPS) is 10.4. The number of benzene rings is 1. The number of esters is 1. The SMILES string of the molecule is CCn1c(C)cc(C(=O)COC(=O)CCNC(=O)c2ccc([N+](=O)[O-])cc2)c1C. The van der Waals surface area contributed by atoms with Gasteiger partial charge in [-0.05, 0) is 39.0 Å². The second kappa shape index (κ2) is 9.63. The van der Waals surface area contributed by atoms with Crippen molar-refractivity contribution in [2.24, 2.45) is 0 Å². The topological polar surface area (TPSA) is 121 Å². The average Bonchev–Trinajstić information content (AvgIpc) is 2.99. The van der Waals surface area contributed by atoms with Crippen LogP contribution in [0.2, 0.25) is 0 Å². The maximum absolute atomic E-state index is 12.3. The molecule has 1 aromatic heterocycles. The molecule has 0 spiro atoms. The van der Waals surface area contributed by atoms with Gasteiger partial charge in [-0.15, -0.1) is 0 Å². The third kappa shape index (κ3) is 5.50. The molecule has 9 heteroatoms. The first-order valence-electron chi connectivity index (χ1n) is 9.12. The van der Waals surface area contributed by atoms with Crippen molar-refractivity contribution in [1.82, 2.24) is 9.88 Å². The summed E-state index contributed by atoms with van der Waals surface area (Å²) in [7, 11) is 0. The lowest BCUT2D eigenvalue weighted by Crippen LogP contribution is -2.27. The van der Waals surface area contributed by atoms with Gasteiger partial charge in [0.1, 0.15) is 0 Å². The van der Waals surface area contributed by atoms with Crippen LogP contribution in [0.4, 0.5) is 5.69 Å². The first kappa shape index (κ1) is 21.8. The van der Waals surface area contributed by atoms with Gasteiger partial charge in [0.2, 0.25) is 5.78 Å². The van der Waals surface area contributed by atoms with Gasteiger partial charge in [0.15, 0.2) is 6.61 Å². The van der Waals surface area contributed by atoms with E-state index in [9.17, 15) is 24.5 Å². The van der Waals surface area contributed by atoms with E-state index < -0.39 is 16.8 Å². The predicted molar refractivity (Wildman–Crippen MR) is 105 cm³/mol. The van der Waals surface area contributed by atoms with E-state index in [2.05, 4.69) is 5.32 Å². The van der Waals surface area contributed by atoms with Crippen LogP contribution in [0.3, 0.4) is 0 Å². The lowest BCUT2D eigenvalue weighted by atomic mass is 10.1. The summed E-state index contributed by atoms with van der Waals surface area (Å²) in [6.07, 6.45) is -0.0972. The smallest absolute Gasteiger partial charge is 0.308 e. The largest absolute Gasteiger partial charge is 0.457 e. The number of non-ortho nitro benzene ring substituents is 1. The molecule has 0 bridgehead atoms. The standard InChI is InChI=1S/C20H23N3O6/c1-4-22-13(2)11-17(14(22)3)18(24)12-29-19(25)9-10-21-20(26)15-5-7-16(8-6-15)23(27)28/h5-8,11H,4,9-10,12H2,1-3H3,(H,21,26). The zero-order chi connectivity index (χ0) is 21.6. The Balaban J connectivity index is 1.77. The number of nitrogens with zero attached hydrogens (tertiary/aromatic N) is 2. The van der Waals surface area contributed by atoms with Crippen molar-refractivity contribution in [3.05, 3.63) is 63.0 Å². The number of ketones is 1. The summed E-state index contributed by atoms with van der Waals surface area (Å²) in [6.45, 7) is 6.15. The number of nitro groups is 1. The Labute approximate surface area is 167 Å². The Kier molecular flexibility index (Phi) is 7.24. The zero-order valence-corrected chi connectivity index (χ0v) is 16.6. The minimum absolute atomic E-state index is 0.0210. The monoisotopic (exact) mass is 401 g/mol. The fourth-order valence-electron chi connectivity index (χ4n) is 2.98. The molecule has 2 aromatic rings. The van der Waals surface area contributed by atoms with Crippen LogP contribution in [0, 0.1) is 24.0 Å². The minimum Gasteiger partial charge on any atom is -0.457 e. The number of hydrogen-bond donors (Lipinski definition) is 1. The van der Waals surface area contributed by atoms with Crippen molar-refractivity contribution < 1.29 is 24.0 Å². The van der Waals surface area contributed by atoms with Gasteiger partial charge in [-0.3, -0.25) is 24.5 Å². The van der Waals surface area contributed by atoms with Gasteiger partial charge in [-0.1, -0.05) is 0 Å². The molecule has 2 rings (SSSR count). The van der Waals surface area contributed by atoms with E-state index in [1.54, 1.807) is 6.07 Å². The van der Waals surface area contributed by atoms with E-state index in [1.807, 2.05) is 25.3 Å². The fourth-order valence-corrected chi connectivity index (χ4v) is 2.98. The van der Waals surface area contributed by atoms with Gasteiger partial charge < -0.3 is 14.6 Å². The summed E-state index contributed by atoms with van der Waals surface area (Å²) < 4.78 is 7.00. The summed E-state index contributed by atoms with van der Waals surface area (Å²) in [4.78, 5) is 46.1. The molecule has 1 amide bonds. The zero-order valence-electron chi connectivity index (χ0n) is 16.6. The molecule has 0 saturated heterocycles. The number of carbonyl (C=O) groups excluding carboxylic acids is 3. The molecule has 1 aromatic carbocycles. The molecule has 0 aliphatic heterocycles. The molecule has 0 radical (unpaired) electrons. The number of hydrogen-bond acceptors (Lipinski definition) is 6. The number of nitro benzene ring substituents is 1. The van der Waals surface area contributed by atoms with Crippen LogP contribution in [0.1, 0.15) is 45.4 Å². The average molecular weight is 401 g/mol. The van der Waals surface area contributed by atoms with Crippen molar-refractivity contribution in [2.75, 3.05) is 13.2 Å². The number of amides is 1. The summed E-state index contributed by atoms with van der Waals surface area (Å²) >= 11 is 0. The van der Waals surface area contributed by atoms with E-state index >= 15 is 0 Å². The Hall–Kier alpha value is -3.49. The van der Waals surface area contributed by atoms with Crippen LogP contribution >= 0.6 is 0 Å². The van der Waals surface area contributed by atoms with Gasteiger partial charge in [0.25, 0.3) is 11.6 Å². The van der Waals surface area contributed by atoms with Crippen LogP contribution in [0.5, 0.6) is 0 Å². The Morgan fingerprint density at radius 2 is 1.83 bits per heavy atom. The molecule has 0 unspecified atom stereocenters. The lowest BCUT2D eigenvalue weighted by Gasteiger charge is -2.07. The molecule has 0 atom stereocenters. The second-order valence-corrected chi connectivity index (χ2v) is 6.42. The highest BCUT2D eigenvalue weighted by atomic mass is 16.6. The van der Waals surface area contributed by atoms with Crippen LogP contribution in [-0.2, 0) is 16.1 Å². The first-order chi connectivity index (χ1) is 13.7. The second-order valence-electron chi connectivity index (χ2n) is 6.42. The van der Waals surface area contributed by atoms with Crippen molar-refractivity contribution in [1.29, 1.82) is 0 Å². The van der Waals surface area contributed by atoms with Gasteiger partial charge in [-0.2, -0.15) is 0 Å². The highest BCUT2D eigenvalue weighted by Gasteiger charge is 2.17. The predicted octanol–water partition coefficient (Wildman–Crippen LogP) is 2.58. The number of carbonyl (C=O) groups is 3. The van der Waals surface area contributed by atoms with E-state index in [4.69, 9.17) is 4.74 Å². The highest BCUT2D eigenvalue weighted by Crippen LogP contribution is 2.16. The Morgan fingerprint density at radius 3 is 2.38 bits per heavy atom. The third-order valence-corrected chi connectivity index (χ3v) is 4.51. The number of aryl methyl sites for hydroxylation is 1. The van der Waals surface area contributed by atoms with Crippen molar-refractivity contribution in [3.63, 3.8) is 0 Å². The number of ether oxygens (including phenoxy) is 1. The van der Waals surface area contributed by atoms with E-state index in [0.29, 0.717) is 5.56 Å². The molecule has 1 N–H and O–H groups in total. The fraction of sp³-hybridized carbons (Fsp3) is 0.350. The quantitative estimate of drug-likeness (QED) is 0.298. The van der Waals surface area contributed by atoms with Crippen LogP contribution in [-0.4, -0.2) is 40.3 Å². The molecule has 0 fully saturated rings. The first-order valence-corrected chi connectivity index (χ1v) is 9.12. The molecule has 0 aliphatic rings. The van der Waals surface area contributed by atoms with Crippen molar-refractivity contribution in [2.45, 2.75) is 33.7 Å². The molecule has 0 saturated carbocycles. The van der Waals surface area contributed by atoms with Gasteiger partial charge in [0.05, 0.1) is 11.3 Å². The van der Waals surface area contributed by atoms with E-state index in [0.717, 1.165) is 17.9 Å². The van der Waals surface area contributed by atoms with Crippen molar-refractivity contribution in [3.8, 4) is 0 Å². The summed E-state index contributed by atoms with van der Waals surface area (Å²) in [5.74, 6) is -1.34. The molecular formula is C20H23N3O6. The number of rotatable bonds is 9. The Morgan fingerprint density at radius 1 is 1.17 bits per heavy atom. The summed E-state index contributed by atoms with van der Waals surface area (Å²) in [6, 6.07) is 6.89. The molecular weight excluding hydrogens is 378 g/mol. The van der Waals surface area contributed by atoms with E-state index in [1.165, 1.54) is 24.3 Å².